The fourth-order valence-electron chi connectivity index (χ4n) is 11.8. The van der Waals surface area contributed by atoms with Gasteiger partial charge >= 0.3 is 17.9 Å². The Balaban J connectivity index is 0.860. The number of piperazine rings is 1. The van der Waals surface area contributed by atoms with Crippen LogP contribution >= 0.6 is 0 Å². The van der Waals surface area contributed by atoms with Gasteiger partial charge in [0.05, 0.1) is 24.1 Å². The van der Waals surface area contributed by atoms with Crippen LogP contribution in [-0.4, -0.2) is 114 Å². The molecule has 1 unspecified atom stereocenters. The van der Waals surface area contributed by atoms with E-state index in [9.17, 15) is 39.0 Å². The highest BCUT2D eigenvalue weighted by molar-refractivity contribution is 6.01. The predicted molar refractivity (Wildman–Crippen MR) is 227 cm³/mol. The molecule has 5 fully saturated rings. The molecule has 0 bridgehead atoms. The van der Waals surface area contributed by atoms with Crippen LogP contribution in [-0.2, 0) is 33.4 Å². The predicted octanol–water partition coefficient (Wildman–Crippen LogP) is 4.00. The Hall–Kier alpha value is -5.26. The van der Waals surface area contributed by atoms with E-state index in [0.29, 0.717) is 43.6 Å². The van der Waals surface area contributed by atoms with Crippen molar-refractivity contribution in [3.05, 3.63) is 69.8 Å². The minimum Gasteiger partial charge on any atom is -0.492 e. The van der Waals surface area contributed by atoms with Gasteiger partial charge in [0, 0.05) is 66.8 Å². The maximum atomic E-state index is 17.5. The van der Waals surface area contributed by atoms with Crippen LogP contribution in [0.15, 0.2) is 53.0 Å². The minimum atomic E-state index is -2.15. The Labute approximate surface area is 368 Å². The van der Waals surface area contributed by atoms with E-state index in [-0.39, 0.29) is 53.1 Å². The SMILES string of the molecule is COc1c(N2CCNC(C)C2)c(F)cc2c(=O)c(C(=O)OCCOC(=O)/C=C/C(=O)OCC(=O)[C@]3(O)[C@@H](C)C[C@@H]4[C@H]5CCC6=CC(=O)C=C[C@@]6(C)[C@]5(F)[C@H](O)C[C@]43C)cn(C3CC3)c12. The number of pyridine rings is 1. The van der Waals surface area contributed by atoms with Gasteiger partial charge in [-0.2, -0.15) is 0 Å². The maximum Gasteiger partial charge on any atom is 0.343 e. The molecule has 64 heavy (non-hydrogen) atoms. The molecule has 8 rings (SSSR count). The number of aliphatic hydroxyl groups is 2. The van der Waals surface area contributed by atoms with Crippen molar-refractivity contribution < 1.29 is 61.9 Å². The van der Waals surface area contributed by atoms with Crippen molar-refractivity contribution in [1.82, 2.24) is 9.88 Å². The number of benzene rings is 1. The number of hydrogen-bond donors (Lipinski definition) is 3. The molecular weight excluding hydrogens is 837 g/mol. The number of methoxy groups -OCH3 is 1. The molecule has 1 aromatic heterocycles. The van der Waals surface area contributed by atoms with Gasteiger partial charge in [0.1, 0.15) is 30.1 Å². The van der Waals surface area contributed by atoms with Crippen molar-refractivity contribution >= 4 is 46.1 Å². The molecule has 344 valence electrons. The van der Waals surface area contributed by atoms with Crippen LogP contribution in [0.4, 0.5) is 14.5 Å². The van der Waals surface area contributed by atoms with E-state index in [0.717, 1.165) is 31.1 Å². The summed E-state index contributed by atoms with van der Waals surface area (Å²) in [5.74, 6) is -6.56. The second-order valence-corrected chi connectivity index (χ2v) is 18.8. The summed E-state index contributed by atoms with van der Waals surface area (Å²) in [7, 11) is 1.41. The number of hydrogen-bond acceptors (Lipinski definition) is 14. The number of aliphatic hydroxyl groups excluding tert-OH is 1. The number of rotatable bonds is 12. The summed E-state index contributed by atoms with van der Waals surface area (Å²) >= 11 is 0. The molecule has 9 atom stereocenters. The zero-order valence-corrected chi connectivity index (χ0v) is 36.6. The summed E-state index contributed by atoms with van der Waals surface area (Å²) in [6.07, 6.45) is 7.89. The average Bonchev–Trinajstić information content (AvgIpc) is 4.08. The summed E-state index contributed by atoms with van der Waals surface area (Å²) < 4.78 is 56.2. The van der Waals surface area contributed by atoms with E-state index < -0.39 is 101 Å². The van der Waals surface area contributed by atoms with Gasteiger partial charge in [-0.3, -0.25) is 14.4 Å². The van der Waals surface area contributed by atoms with E-state index in [4.69, 9.17) is 18.9 Å². The number of aromatic nitrogens is 1. The van der Waals surface area contributed by atoms with Crippen molar-refractivity contribution in [2.75, 3.05) is 51.5 Å². The number of Topliss-reactive ketones (excluding diaryl/α,β-unsaturated/α-hetero) is 1. The van der Waals surface area contributed by atoms with Crippen molar-refractivity contribution in [2.45, 2.75) is 95.7 Å². The zero-order chi connectivity index (χ0) is 46.1. The first-order chi connectivity index (χ1) is 30.3. The van der Waals surface area contributed by atoms with E-state index in [1.165, 1.54) is 31.5 Å². The number of fused-ring (bicyclic) bond motifs is 6. The molecule has 4 saturated carbocycles. The number of allylic oxidation sites excluding steroid dienone is 4. The van der Waals surface area contributed by atoms with E-state index in [2.05, 4.69) is 5.32 Å². The minimum absolute atomic E-state index is 0.0404. The molecule has 1 aliphatic heterocycles. The number of halogens is 2. The number of carbonyl (C=O) groups is 5. The van der Waals surface area contributed by atoms with Gasteiger partial charge < -0.3 is 43.9 Å². The highest BCUT2D eigenvalue weighted by Gasteiger charge is 2.75. The number of ketones is 2. The smallest absolute Gasteiger partial charge is 0.343 e. The highest BCUT2D eigenvalue weighted by atomic mass is 19.1. The monoisotopic (exact) mass is 891 g/mol. The molecule has 1 aromatic carbocycles. The Morgan fingerprint density at radius 1 is 1.02 bits per heavy atom. The topological polar surface area (TPSA) is 200 Å². The van der Waals surface area contributed by atoms with Crippen LogP contribution in [0.2, 0.25) is 0 Å². The summed E-state index contributed by atoms with van der Waals surface area (Å²) in [5, 5.41) is 27.0. The number of esters is 3. The lowest BCUT2D eigenvalue weighted by atomic mass is 9.44. The molecule has 2 heterocycles. The van der Waals surface area contributed by atoms with Gasteiger partial charge in [0.25, 0.3) is 0 Å². The molecule has 0 spiro atoms. The standard InChI is InChI=1S/C47H55F2N3O12/c1-25-18-33-32-9-6-27-19-29(53)12-13-44(27,3)46(32,49)35(54)21-45(33,4)47(25,60)36(55)24-64-38(57)11-10-37(56)62-16-17-63-43(59)31-23-52(28-7-8-28)39-30(41(31)58)20-34(48)40(42(39)61-5)51-15-14-50-26(2)22-51/h10-13,19-20,23,25-26,28,32-33,35,50,54,60H,6-9,14-18,21-22,24H2,1-5H3/b11-10+/t25-,26?,32+,33+,35+,44+,45+,46+,47+/m0/s1. The van der Waals surface area contributed by atoms with Gasteiger partial charge in [0.15, 0.2) is 29.6 Å². The first-order valence-corrected chi connectivity index (χ1v) is 22.0. The van der Waals surface area contributed by atoms with Crippen molar-refractivity contribution in [2.24, 2.45) is 28.6 Å². The fraction of sp³-hybridized carbons (Fsp3) is 0.574. The van der Waals surface area contributed by atoms with Crippen LogP contribution in [0.1, 0.15) is 82.6 Å². The number of alkyl halides is 1. The van der Waals surface area contributed by atoms with Gasteiger partial charge in [-0.25, -0.2) is 23.2 Å². The Kier molecular flexibility index (Phi) is 11.8. The zero-order valence-electron chi connectivity index (χ0n) is 36.6. The molecule has 1 saturated heterocycles. The molecule has 6 aliphatic rings. The van der Waals surface area contributed by atoms with E-state index in [1.54, 1.807) is 25.3 Å². The van der Waals surface area contributed by atoms with E-state index in [1.807, 2.05) is 11.8 Å². The second kappa shape index (κ2) is 16.6. The summed E-state index contributed by atoms with van der Waals surface area (Å²) in [6, 6.07) is 1.18. The lowest BCUT2D eigenvalue weighted by Crippen LogP contribution is -2.69. The van der Waals surface area contributed by atoms with Crippen molar-refractivity contribution in [1.29, 1.82) is 0 Å². The third-order valence-corrected chi connectivity index (χ3v) is 15.2. The summed E-state index contributed by atoms with van der Waals surface area (Å²) in [5.41, 5.74) is -6.59. The third kappa shape index (κ3) is 7.18. The Morgan fingerprint density at radius 3 is 2.41 bits per heavy atom. The van der Waals surface area contributed by atoms with Crippen LogP contribution in [0.25, 0.3) is 10.9 Å². The lowest BCUT2D eigenvalue weighted by Gasteiger charge is -2.62. The third-order valence-electron chi connectivity index (χ3n) is 15.2. The normalized spacial score (nSPS) is 33.3. The molecule has 2 aromatic rings. The van der Waals surface area contributed by atoms with Gasteiger partial charge in [-0.05, 0) is 82.4 Å². The second-order valence-electron chi connectivity index (χ2n) is 18.8. The molecule has 0 radical (unpaired) electrons. The van der Waals surface area contributed by atoms with Crippen LogP contribution in [0, 0.1) is 34.4 Å². The van der Waals surface area contributed by atoms with E-state index >= 15 is 8.78 Å². The first kappa shape index (κ1) is 45.3. The largest absolute Gasteiger partial charge is 0.492 e. The lowest BCUT2D eigenvalue weighted by molar-refractivity contribution is -0.219. The number of anilines is 1. The molecule has 0 amide bonds. The maximum absolute atomic E-state index is 17.5. The molecular formula is C47H55F2N3O12. The van der Waals surface area contributed by atoms with Gasteiger partial charge in [-0.1, -0.05) is 25.5 Å². The van der Waals surface area contributed by atoms with Gasteiger partial charge in [-0.15, -0.1) is 0 Å². The fourth-order valence-corrected chi connectivity index (χ4v) is 11.8. The van der Waals surface area contributed by atoms with Crippen LogP contribution < -0.4 is 20.4 Å². The Morgan fingerprint density at radius 2 is 1.72 bits per heavy atom. The van der Waals surface area contributed by atoms with Crippen molar-refractivity contribution in [3.63, 3.8) is 0 Å². The van der Waals surface area contributed by atoms with Gasteiger partial charge in [0.2, 0.25) is 11.2 Å². The number of nitrogens with one attached hydrogen (secondary N) is 1. The highest BCUT2D eigenvalue weighted by Crippen LogP contribution is 2.70. The average molecular weight is 892 g/mol. The first-order valence-electron chi connectivity index (χ1n) is 22.0. The summed E-state index contributed by atoms with van der Waals surface area (Å²) in [6.45, 7) is 6.92. The molecule has 15 nitrogen and oxygen atoms in total. The van der Waals surface area contributed by atoms with Crippen LogP contribution in [0.3, 0.4) is 0 Å². The number of nitrogens with zero attached hydrogens (tertiary/aromatic N) is 2. The number of ether oxygens (including phenoxy) is 4. The van der Waals surface area contributed by atoms with Crippen molar-refractivity contribution in [3.8, 4) is 5.75 Å². The summed E-state index contributed by atoms with van der Waals surface area (Å²) in [4.78, 5) is 79.7. The number of carbonyl (C=O) groups excluding carboxylic acids is 5. The quantitative estimate of drug-likeness (QED) is 0.120. The Bertz CT molecular complexity index is 2460. The molecule has 17 heteroatoms. The van der Waals surface area contributed by atoms with Crippen LogP contribution in [0.5, 0.6) is 5.75 Å². The molecule has 5 aliphatic carbocycles. The molecule has 3 N–H and O–H groups in total.